The quantitative estimate of drug-likeness (QED) is 0.442. The van der Waals surface area contributed by atoms with Gasteiger partial charge in [0, 0.05) is 18.5 Å². The van der Waals surface area contributed by atoms with Crippen LogP contribution in [0.2, 0.25) is 0 Å². The monoisotopic (exact) mass is 143 g/mol. The summed E-state index contributed by atoms with van der Waals surface area (Å²) >= 11 is 0. The van der Waals surface area contributed by atoms with Crippen LogP contribution in [0.25, 0.3) is 0 Å². The van der Waals surface area contributed by atoms with Gasteiger partial charge in [0.2, 0.25) is 5.91 Å². The van der Waals surface area contributed by atoms with Gasteiger partial charge in [-0.3, -0.25) is 4.79 Å². The Labute approximate surface area is 59.9 Å². The summed E-state index contributed by atoms with van der Waals surface area (Å²) in [6, 6.07) is 0. The minimum absolute atomic E-state index is 0.292. The maximum atomic E-state index is 10.5. The van der Waals surface area contributed by atoms with Gasteiger partial charge in [-0.15, -0.1) is 0 Å². The molecular weight excluding hydrogens is 130 g/mol. The van der Waals surface area contributed by atoms with Gasteiger partial charge >= 0.3 is 0 Å². The first-order chi connectivity index (χ1) is 4.62. The van der Waals surface area contributed by atoms with Crippen LogP contribution in [0.4, 0.5) is 0 Å². The van der Waals surface area contributed by atoms with Crippen molar-refractivity contribution < 1.29 is 4.79 Å². The molecule has 0 spiro atoms. The third-order valence-electron chi connectivity index (χ3n) is 1.80. The second-order valence-electron chi connectivity index (χ2n) is 2.93. The van der Waals surface area contributed by atoms with E-state index in [0.29, 0.717) is 13.0 Å². The largest absolute Gasteiger partial charge is 0.370 e. The lowest BCUT2D eigenvalue weighted by molar-refractivity contribution is -0.119. The van der Waals surface area contributed by atoms with E-state index in [1.807, 2.05) is 0 Å². The molecule has 1 heterocycles. The molecule has 1 atom stereocenters. The average molecular weight is 143 g/mol. The Balaban J connectivity index is 2.43. The molecule has 1 aliphatic rings. The van der Waals surface area contributed by atoms with E-state index < -0.39 is 0 Å². The second-order valence-corrected chi connectivity index (χ2v) is 2.93. The van der Waals surface area contributed by atoms with Gasteiger partial charge in [-0.1, -0.05) is 0 Å². The van der Waals surface area contributed by atoms with Crippen molar-refractivity contribution in [1.29, 1.82) is 0 Å². The minimum Gasteiger partial charge on any atom is -0.370 e. The van der Waals surface area contributed by atoms with Crippen molar-refractivity contribution in [3.05, 3.63) is 0 Å². The highest BCUT2D eigenvalue weighted by atomic mass is 16.1. The number of amides is 1. The van der Waals surface area contributed by atoms with Gasteiger partial charge in [0.15, 0.2) is 0 Å². The van der Waals surface area contributed by atoms with Crippen molar-refractivity contribution in [2.24, 2.45) is 11.5 Å². The van der Waals surface area contributed by atoms with Gasteiger partial charge in [-0.2, -0.15) is 0 Å². The highest BCUT2D eigenvalue weighted by Gasteiger charge is 2.30. The first-order valence-corrected chi connectivity index (χ1v) is 3.40. The van der Waals surface area contributed by atoms with Crippen LogP contribution in [-0.4, -0.2) is 24.5 Å². The fourth-order valence-electron chi connectivity index (χ4n) is 1.26. The van der Waals surface area contributed by atoms with E-state index in [2.05, 4.69) is 5.32 Å². The van der Waals surface area contributed by atoms with E-state index in [0.717, 1.165) is 13.0 Å². The highest BCUT2D eigenvalue weighted by Crippen LogP contribution is 2.14. The fourth-order valence-corrected chi connectivity index (χ4v) is 1.26. The van der Waals surface area contributed by atoms with Gasteiger partial charge in [0.05, 0.1) is 0 Å². The van der Waals surface area contributed by atoms with Crippen LogP contribution < -0.4 is 16.8 Å². The number of nitrogens with one attached hydrogen (secondary N) is 1. The van der Waals surface area contributed by atoms with E-state index in [4.69, 9.17) is 11.5 Å². The summed E-state index contributed by atoms with van der Waals surface area (Å²) < 4.78 is 0. The van der Waals surface area contributed by atoms with Crippen molar-refractivity contribution in [3.63, 3.8) is 0 Å². The summed E-state index contributed by atoms with van der Waals surface area (Å²) in [4.78, 5) is 10.5. The van der Waals surface area contributed by atoms with Crippen LogP contribution in [-0.2, 0) is 4.79 Å². The van der Waals surface area contributed by atoms with Crippen LogP contribution in [0.15, 0.2) is 0 Å². The Morgan fingerprint density at radius 3 is 2.80 bits per heavy atom. The van der Waals surface area contributed by atoms with E-state index in [1.54, 1.807) is 0 Å². The van der Waals surface area contributed by atoms with Crippen LogP contribution in [0.3, 0.4) is 0 Å². The maximum absolute atomic E-state index is 10.5. The molecule has 0 aromatic heterocycles. The second kappa shape index (κ2) is 2.56. The number of hydrogen-bond donors (Lipinski definition) is 3. The molecule has 0 radical (unpaired) electrons. The third-order valence-corrected chi connectivity index (χ3v) is 1.80. The van der Waals surface area contributed by atoms with E-state index >= 15 is 0 Å². The summed E-state index contributed by atoms with van der Waals surface area (Å²) in [6.45, 7) is 1.60. The minimum atomic E-state index is -0.369. The molecular formula is C6H13N3O. The number of nitrogens with two attached hydrogens (primary N) is 2. The van der Waals surface area contributed by atoms with Gasteiger partial charge in [0.1, 0.15) is 0 Å². The molecule has 1 rings (SSSR count). The molecule has 4 nitrogen and oxygen atoms in total. The van der Waals surface area contributed by atoms with Crippen molar-refractivity contribution in [1.82, 2.24) is 5.32 Å². The molecule has 1 aliphatic heterocycles. The standard InChI is InChI=1S/C6H13N3O/c7-5(10)3-6(8)1-2-9-4-6/h9H,1-4,8H2,(H2,7,10). The van der Waals surface area contributed by atoms with Crippen molar-refractivity contribution in [2.75, 3.05) is 13.1 Å². The first-order valence-electron chi connectivity index (χ1n) is 3.40. The predicted molar refractivity (Wildman–Crippen MR) is 38.2 cm³/mol. The molecule has 0 saturated carbocycles. The lowest BCUT2D eigenvalue weighted by Crippen LogP contribution is -2.45. The molecule has 1 amide bonds. The summed E-state index contributed by atoms with van der Waals surface area (Å²) in [5, 5.41) is 3.09. The third kappa shape index (κ3) is 1.68. The molecule has 0 aromatic carbocycles. The molecule has 5 N–H and O–H groups in total. The van der Waals surface area contributed by atoms with Gasteiger partial charge in [0.25, 0.3) is 0 Å². The molecule has 1 unspecified atom stereocenters. The predicted octanol–water partition coefficient (Wildman–Crippen LogP) is -1.45. The maximum Gasteiger partial charge on any atom is 0.219 e. The molecule has 58 valence electrons. The highest BCUT2D eigenvalue weighted by molar-refractivity contribution is 5.75. The fraction of sp³-hybridized carbons (Fsp3) is 0.833. The Kier molecular flexibility index (Phi) is 1.92. The topological polar surface area (TPSA) is 81.1 Å². The lowest BCUT2D eigenvalue weighted by Gasteiger charge is -2.19. The van der Waals surface area contributed by atoms with Crippen molar-refractivity contribution in [2.45, 2.75) is 18.4 Å². The number of hydrogen-bond acceptors (Lipinski definition) is 3. The van der Waals surface area contributed by atoms with Crippen molar-refractivity contribution in [3.8, 4) is 0 Å². The normalized spacial score (nSPS) is 32.5. The molecule has 10 heavy (non-hydrogen) atoms. The SMILES string of the molecule is NC(=O)CC1(N)CCNC1. The van der Waals surface area contributed by atoms with Crippen LogP contribution in [0, 0.1) is 0 Å². The zero-order valence-corrected chi connectivity index (χ0v) is 5.89. The molecule has 0 bridgehead atoms. The summed E-state index contributed by atoms with van der Waals surface area (Å²) in [6.07, 6.45) is 1.13. The lowest BCUT2D eigenvalue weighted by atomic mass is 9.96. The van der Waals surface area contributed by atoms with Gasteiger partial charge < -0.3 is 16.8 Å². The van der Waals surface area contributed by atoms with Crippen LogP contribution >= 0.6 is 0 Å². The molecule has 4 heteroatoms. The van der Waals surface area contributed by atoms with Gasteiger partial charge in [-0.25, -0.2) is 0 Å². The van der Waals surface area contributed by atoms with Crippen LogP contribution in [0.5, 0.6) is 0 Å². The number of primary amides is 1. The number of rotatable bonds is 2. The number of carbonyl (C=O) groups is 1. The van der Waals surface area contributed by atoms with E-state index in [-0.39, 0.29) is 11.4 Å². The zero-order chi connectivity index (χ0) is 7.61. The smallest absolute Gasteiger partial charge is 0.219 e. The summed E-state index contributed by atoms with van der Waals surface area (Å²) in [7, 11) is 0. The zero-order valence-electron chi connectivity index (χ0n) is 5.89. The number of carbonyl (C=O) groups excluding carboxylic acids is 1. The average Bonchev–Trinajstić information content (AvgIpc) is 2.12. The first kappa shape index (κ1) is 7.50. The summed E-state index contributed by atoms with van der Waals surface area (Å²) in [5.41, 5.74) is 10.4. The molecule has 0 aliphatic carbocycles. The van der Waals surface area contributed by atoms with Crippen molar-refractivity contribution >= 4 is 5.91 Å². The Morgan fingerprint density at radius 1 is 1.70 bits per heavy atom. The molecule has 1 fully saturated rings. The van der Waals surface area contributed by atoms with E-state index in [1.165, 1.54) is 0 Å². The molecule has 0 aromatic rings. The Bertz CT molecular complexity index is 140. The van der Waals surface area contributed by atoms with Crippen LogP contribution in [0.1, 0.15) is 12.8 Å². The van der Waals surface area contributed by atoms with Gasteiger partial charge in [-0.05, 0) is 13.0 Å². The molecule has 1 saturated heterocycles. The Hall–Kier alpha value is -0.610. The summed E-state index contributed by atoms with van der Waals surface area (Å²) in [5.74, 6) is -0.314. The van der Waals surface area contributed by atoms with E-state index in [9.17, 15) is 4.79 Å². The Morgan fingerprint density at radius 2 is 2.40 bits per heavy atom.